The lowest BCUT2D eigenvalue weighted by Gasteiger charge is -2.31. The van der Waals surface area contributed by atoms with Gasteiger partial charge in [-0.2, -0.15) is 4.98 Å². The monoisotopic (exact) mass is 329 g/mol. The maximum absolute atomic E-state index is 13.8. The van der Waals surface area contributed by atoms with Crippen LogP contribution in [0.5, 0.6) is 0 Å². The van der Waals surface area contributed by atoms with E-state index in [0.29, 0.717) is 24.4 Å². The first-order valence-corrected chi connectivity index (χ1v) is 8.16. The van der Waals surface area contributed by atoms with E-state index in [1.165, 1.54) is 6.07 Å². The van der Waals surface area contributed by atoms with E-state index in [1.54, 1.807) is 30.4 Å². The molecule has 1 saturated heterocycles. The van der Waals surface area contributed by atoms with Gasteiger partial charge in [0.2, 0.25) is 17.6 Å². The van der Waals surface area contributed by atoms with E-state index < -0.39 is 0 Å². The van der Waals surface area contributed by atoms with Gasteiger partial charge < -0.3 is 9.42 Å². The summed E-state index contributed by atoms with van der Waals surface area (Å²) in [5.74, 6) is 0.701. The van der Waals surface area contributed by atoms with E-state index in [-0.39, 0.29) is 23.5 Å². The molecule has 0 aliphatic carbocycles. The number of carbonyl (C=O) groups is 1. The van der Waals surface area contributed by atoms with Gasteiger partial charge in [-0.05, 0) is 43.9 Å². The predicted molar refractivity (Wildman–Crippen MR) is 87.5 cm³/mol. The maximum atomic E-state index is 13.8. The molecule has 2 heterocycles. The molecule has 1 amide bonds. The van der Waals surface area contributed by atoms with Gasteiger partial charge in [-0.15, -0.1) is 0 Å². The number of aromatic nitrogens is 2. The molecule has 1 aliphatic rings. The van der Waals surface area contributed by atoms with Crippen molar-refractivity contribution in [2.75, 3.05) is 13.1 Å². The summed E-state index contributed by atoms with van der Waals surface area (Å²) in [6.07, 6.45) is 5.91. The van der Waals surface area contributed by atoms with Crippen molar-refractivity contribution in [1.29, 1.82) is 0 Å². The van der Waals surface area contributed by atoms with E-state index >= 15 is 0 Å². The summed E-state index contributed by atoms with van der Waals surface area (Å²) in [7, 11) is 0. The van der Waals surface area contributed by atoms with Gasteiger partial charge in [-0.1, -0.05) is 23.4 Å². The van der Waals surface area contributed by atoms with Crippen LogP contribution in [0.25, 0.3) is 11.4 Å². The number of likely N-dealkylation sites (tertiary alicyclic amines) is 1. The highest BCUT2D eigenvalue weighted by Gasteiger charge is 2.24. The van der Waals surface area contributed by atoms with Crippen LogP contribution >= 0.6 is 0 Å². The molecule has 1 aromatic carbocycles. The molecule has 1 aromatic heterocycles. The van der Waals surface area contributed by atoms with Crippen LogP contribution in [0.4, 0.5) is 4.39 Å². The predicted octanol–water partition coefficient (Wildman–Crippen LogP) is 3.23. The van der Waals surface area contributed by atoms with Crippen LogP contribution in [-0.2, 0) is 11.2 Å². The number of hydrogen-bond acceptors (Lipinski definition) is 4. The van der Waals surface area contributed by atoms with Crippen molar-refractivity contribution in [3.8, 4) is 11.4 Å². The molecule has 1 fully saturated rings. The number of carbonyl (C=O) groups excluding carboxylic acids is 1. The Kier molecular flexibility index (Phi) is 5.03. The second-order valence-corrected chi connectivity index (χ2v) is 5.99. The van der Waals surface area contributed by atoms with Gasteiger partial charge in [0, 0.05) is 19.5 Å². The second kappa shape index (κ2) is 7.38. The summed E-state index contributed by atoms with van der Waals surface area (Å²) in [6, 6.07) is 6.36. The first kappa shape index (κ1) is 16.4. The third-order valence-corrected chi connectivity index (χ3v) is 4.19. The lowest BCUT2D eigenvalue weighted by atomic mass is 9.94. The Morgan fingerprint density at radius 3 is 3.08 bits per heavy atom. The molecular formula is C18H20FN3O2. The molecule has 0 N–H and O–H groups in total. The Morgan fingerprint density at radius 1 is 1.46 bits per heavy atom. The Balaban J connectivity index is 1.66. The highest BCUT2D eigenvalue weighted by Crippen LogP contribution is 2.23. The van der Waals surface area contributed by atoms with Crippen LogP contribution in [0.2, 0.25) is 0 Å². The van der Waals surface area contributed by atoms with E-state index in [0.717, 1.165) is 19.4 Å². The largest absolute Gasteiger partial charge is 0.339 e. The minimum absolute atomic E-state index is 0.0415. The molecule has 126 valence electrons. The van der Waals surface area contributed by atoms with Crippen LogP contribution < -0.4 is 0 Å². The van der Waals surface area contributed by atoms with Crippen molar-refractivity contribution >= 4 is 5.91 Å². The van der Waals surface area contributed by atoms with Crippen LogP contribution in [-0.4, -0.2) is 34.0 Å². The first-order valence-electron chi connectivity index (χ1n) is 8.16. The quantitative estimate of drug-likeness (QED) is 0.808. The van der Waals surface area contributed by atoms with Crippen LogP contribution in [0.15, 0.2) is 40.9 Å². The number of allylic oxidation sites excluding steroid dienone is 1. The molecule has 0 saturated carbocycles. The van der Waals surface area contributed by atoms with Gasteiger partial charge in [0.25, 0.3) is 0 Å². The van der Waals surface area contributed by atoms with E-state index in [4.69, 9.17) is 4.52 Å². The smallest absolute Gasteiger partial charge is 0.246 e. The fourth-order valence-electron chi connectivity index (χ4n) is 3.02. The van der Waals surface area contributed by atoms with Crippen molar-refractivity contribution in [1.82, 2.24) is 15.0 Å². The first-order chi connectivity index (χ1) is 11.7. The average Bonchev–Trinajstić information content (AvgIpc) is 3.04. The zero-order valence-electron chi connectivity index (χ0n) is 13.6. The Hall–Kier alpha value is -2.50. The summed E-state index contributed by atoms with van der Waals surface area (Å²) >= 11 is 0. The third kappa shape index (κ3) is 3.69. The Morgan fingerprint density at radius 2 is 2.29 bits per heavy atom. The number of piperidine rings is 1. The zero-order chi connectivity index (χ0) is 16.9. The number of rotatable bonds is 4. The molecule has 3 rings (SSSR count). The fourth-order valence-corrected chi connectivity index (χ4v) is 3.02. The number of nitrogens with zero attached hydrogens (tertiary/aromatic N) is 3. The topological polar surface area (TPSA) is 59.2 Å². The molecule has 6 heteroatoms. The van der Waals surface area contributed by atoms with Crippen molar-refractivity contribution in [2.24, 2.45) is 5.92 Å². The average molecular weight is 329 g/mol. The van der Waals surface area contributed by atoms with E-state index in [1.807, 2.05) is 11.8 Å². The molecular weight excluding hydrogens is 309 g/mol. The molecule has 1 unspecified atom stereocenters. The summed E-state index contributed by atoms with van der Waals surface area (Å²) in [4.78, 5) is 18.1. The summed E-state index contributed by atoms with van der Waals surface area (Å²) in [5, 5.41) is 3.88. The van der Waals surface area contributed by atoms with Gasteiger partial charge in [-0.25, -0.2) is 4.39 Å². The molecule has 5 nitrogen and oxygen atoms in total. The van der Waals surface area contributed by atoms with Gasteiger partial charge in [0.05, 0.1) is 5.56 Å². The molecule has 24 heavy (non-hydrogen) atoms. The Labute approximate surface area is 140 Å². The highest BCUT2D eigenvalue weighted by atomic mass is 19.1. The number of amides is 1. The lowest BCUT2D eigenvalue weighted by Crippen LogP contribution is -2.39. The normalized spacial score (nSPS) is 18.2. The van der Waals surface area contributed by atoms with Crippen molar-refractivity contribution in [2.45, 2.75) is 26.2 Å². The fraction of sp³-hybridized carbons (Fsp3) is 0.389. The van der Waals surface area contributed by atoms with Gasteiger partial charge in [0.15, 0.2) is 0 Å². The van der Waals surface area contributed by atoms with Crippen LogP contribution in [0.3, 0.4) is 0 Å². The molecule has 0 bridgehead atoms. The number of hydrogen-bond donors (Lipinski definition) is 0. The second-order valence-electron chi connectivity index (χ2n) is 5.99. The van der Waals surface area contributed by atoms with Crippen molar-refractivity contribution < 1.29 is 13.7 Å². The van der Waals surface area contributed by atoms with Crippen molar-refractivity contribution in [3.05, 3.63) is 48.1 Å². The van der Waals surface area contributed by atoms with Gasteiger partial charge in [0.1, 0.15) is 5.82 Å². The third-order valence-electron chi connectivity index (χ3n) is 4.19. The lowest BCUT2D eigenvalue weighted by molar-refractivity contribution is -0.127. The SMILES string of the molecule is CC=CC(=O)N1CCCC(Cc2nc(-c3ccccc3F)no2)C1. The van der Waals surface area contributed by atoms with E-state index in [2.05, 4.69) is 10.1 Å². The summed E-state index contributed by atoms with van der Waals surface area (Å²) < 4.78 is 19.1. The van der Waals surface area contributed by atoms with E-state index in [9.17, 15) is 9.18 Å². The highest BCUT2D eigenvalue weighted by molar-refractivity contribution is 5.87. The van der Waals surface area contributed by atoms with Gasteiger partial charge >= 0.3 is 0 Å². The maximum Gasteiger partial charge on any atom is 0.246 e. The summed E-state index contributed by atoms with van der Waals surface area (Å²) in [5.41, 5.74) is 0.334. The number of halogens is 1. The zero-order valence-corrected chi connectivity index (χ0v) is 13.6. The van der Waals surface area contributed by atoms with Gasteiger partial charge in [-0.3, -0.25) is 4.79 Å². The number of benzene rings is 1. The minimum Gasteiger partial charge on any atom is -0.339 e. The molecule has 2 aromatic rings. The summed E-state index contributed by atoms with van der Waals surface area (Å²) in [6.45, 7) is 3.30. The minimum atomic E-state index is -0.370. The molecule has 1 atom stereocenters. The van der Waals surface area contributed by atoms with Crippen LogP contribution in [0, 0.1) is 11.7 Å². The standard InChI is InChI=1S/C18H20FN3O2/c1-2-6-17(23)22-10-5-7-13(12-22)11-16-20-18(21-24-16)14-8-3-4-9-15(14)19/h2-4,6,8-9,13H,5,7,10-12H2,1H3. The van der Waals surface area contributed by atoms with Crippen LogP contribution in [0.1, 0.15) is 25.7 Å². The molecule has 0 radical (unpaired) electrons. The van der Waals surface area contributed by atoms with Crippen molar-refractivity contribution in [3.63, 3.8) is 0 Å². The molecule has 0 spiro atoms. The molecule has 1 aliphatic heterocycles. The Bertz CT molecular complexity index is 741.